The zero-order valence-electron chi connectivity index (χ0n) is 14.5. The summed E-state index contributed by atoms with van der Waals surface area (Å²) < 4.78 is 7.65. The van der Waals surface area contributed by atoms with E-state index in [1.807, 2.05) is 29.7 Å². The van der Waals surface area contributed by atoms with E-state index in [4.69, 9.17) is 4.74 Å². The highest BCUT2D eigenvalue weighted by atomic mass is 16.5. The van der Waals surface area contributed by atoms with Crippen LogP contribution in [0.4, 0.5) is 5.82 Å². The quantitative estimate of drug-likeness (QED) is 0.745. The van der Waals surface area contributed by atoms with Gasteiger partial charge in [0.2, 0.25) is 0 Å². The third-order valence-corrected chi connectivity index (χ3v) is 3.69. The number of benzene rings is 1. The topological polar surface area (TPSA) is 81.9 Å². The molecule has 0 saturated carbocycles. The molecule has 0 bridgehead atoms. The van der Waals surface area contributed by atoms with Crippen LogP contribution >= 0.6 is 0 Å². The summed E-state index contributed by atoms with van der Waals surface area (Å²) in [5.41, 5.74) is 1.71. The van der Waals surface area contributed by atoms with Crippen molar-refractivity contribution in [2.24, 2.45) is 5.92 Å². The fourth-order valence-electron chi connectivity index (χ4n) is 2.39. The van der Waals surface area contributed by atoms with Gasteiger partial charge in [0.1, 0.15) is 12.6 Å². The van der Waals surface area contributed by atoms with Crippen molar-refractivity contribution in [3.63, 3.8) is 0 Å². The number of fused-ring (bicyclic) bond motifs is 1. The first-order chi connectivity index (χ1) is 12.1. The minimum absolute atomic E-state index is 0.208. The minimum Gasteiger partial charge on any atom is -0.358 e. The monoisotopic (exact) mass is 339 g/mol. The number of anilines is 1. The Morgan fingerprint density at radius 3 is 2.64 bits per heavy atom. The van der Waals surface area contributed by atoms with Crippen molar-refractivity contribution in [1.82, 2.24) is 19.5 Å². The van der Waals surface area contributed by atoms with Crippen LogP contribution in [-0.4, -0.2) is 32.0 Å². The molecule has 0 spiro atoms. The van der Waals surface area contributed by atoms with Crippen LogP contribution in [-0.2, 0) is 4.74 Å². The summed E-state index contributed by atoms with van der Waals surface area (Å²) in [4.78, 5) is 25.1. The molecule has 0 aliphatic rings. The van der Waals surface area contributed by atoms with Gasteiger partial charge in [-0.05, 0) is 25.0 Å². The lowest BCUT2D eigenvalue weighted by Gasteiger charge is -2.16. The summed E-state index contributed by atoms with van der Waals surface area (Å²) in [5, 5.41) is 2.80. The number of ether oxygens (including phenoxy) is 1. The van der Waals surface area contributed by atoms with Crippen molar-refractivity contribution < 1.29 is 9.53 Å². The molecule has 0 aliphatic heterocycles. The molecule has 0 radical (unpaired) electrons. The largest absolute Gasteiger partial charge is 0.358 e. The van der Waals surface area contributed by atoms with Gasteiger partial charge in [0, 0.05) is 5.56 Å². The van der Waals surface area contributed by atoms with E-state index in [0.717, 1.165) is 0 Å². The van der Waals surface area contributed by atoms with E-state index in [2.05, 4.69) is 34.1 Å². The number of hydrogen-bond acceptors (Lipinski definition) is 5. The van der Waals surface area contributed by atoms with Crippen molar-refractivity contribution in [2.75, 3.05) is 11.9 Å². The number of imidazole rings is 1. The molecule has 3 aromatic rings. The molecule has 0 saturated heterocycles. The van der Waals surface area contributed by atoms with E-state index >= 15 is 0 Å². The third-order valence-electron chi connectivity index (χ3n) is 3.69. The maximum Gasteiger partial charge on any atom is 0.256 e. The zero-order chi connectivity index (χ0) is 17.8. The molecule has 1 atom stereocenters. The molecule has 3 rings (SSSR count). The standard InChI is InChI=1S/C18H21N5O2/c1-12(2)9-25-13(3)23-11-21-15-16(19-10-20-17(15)23)22-18(24)14-7-5-4-6-8-14/h4-8,10-13H,9H2,1-3H3,(H,19,20,22,24). The minimum atomic E-state index is -0.237. The van der Waals surface area contributed by atoms with Gasteiger partial charge in [0.05, 0.1) is 12.9 Å². The van der Waals surface area contributed by atoms with Crippen LogP contribution < -0.4 is 5.32 Å². The van der Waals surface area contributed by atoms with Gasteiger partial charge in [-0.15, -0.1) is 0 Å². The van der Waals surface area contributed by atoms with Crippen molar-refractivity contribution >= 4 is 22.9 Å². The summed E-state index contributed by atoms with van der Waals surface area (Å²) in [6.07, 6.45) is 2.86. The molecule has 130 valence electrons. The summed E-state index contributed by atoms with van der Waals surface area (Å²) in [6, 6.07) is 8.97. The molecule has 1 N–H and O–H groups in total. The van der Waals surface area contributed by atoms with Gasteiger partial charge in [0.25, 0.3) is 5.91 Å². The highest BCUT2D eigenvalue weighted by Crippen LogP contribution is 2.22. The summed E-state index contributed by atoms with van der Waals surface area (Å²) in [5.74, 6) is 0.584. The van der Waals surface area contributed by atoms with E-state index in [0.29, 0.717) is 35.1 Å². The average molecular weight is 339 g/mol. The Kier molecular flexibility index (Phi) is 5.04. The van der Waals surface area contributed by atoms with Crippen molar-refractivity contribution in [3.05, 3.63) is 48.5 Å². The van der Waals surface area contributed by atoms with Crippen LogP contribution in [0.2, 0.25) is 0 Å². The number of aromatic nitrogens is 4. The Morgan fingerprint density at radius 1 is 1.16 bits per heavy atom. The number of hydrogen-bond donors (Lipinski definition) is 1. The number of nitrogens with zero attached hydrogens (tertiary/aromatic N) is 4. The number of amides is 1. The molecule has 0 aliphatic carbocycles. The van der Waals surface area contributed by atoms with Crippen molar-refractivity contribution in [1.29, 1.82) is 0 Å². The van der Waals surface area contributed by atoms with Crippen LogP contribution in [0.25, 0.3) is 11.2 Å². The average Bonchev–Trinajstić information content (AvgIpc) is 3.05. The molecular formula is C18H21N5O2. The second-order valence-corrected chi connectivity index (χ2v) is 6.19. The second-order valence-electron chi connectivity index (χ2n) is 6.19. The maximum atomic E-state index is 12.3. The number of carbonyl (C=O) groups excluding carboxylic acids is 1. The first-order valence-electron chi connectivity index (χ1n) is 8.21. The van der Waals surface area contributed by atoms with Gasteiger partial charge < -0.3 is 10.1 Å². The Hall–Kier alpha value is -2.80. The van der Waals surface area contributed by atoms with Crippen molar-refractivity contribution in [3.8, 4) is 0 Å². The number of carbonyl (C=O) groups is 1. The lowest BCUT2D eigenvalue weighted by molar-refractivity contribution is 0.00354. The van der Waals surface area contributed by atoms with Crippen LogP contribution in [0, 0.1) is 5.92 Å². The van der Waals surface area contributed by atoms with E-state index < -0.39 is 0 Å². The zero-order valence-corrected chi connectivity index (χ0v) is 14.5. The van der Waals surface area contributed by atoms with Gasteiger partial charge >= 0.3 is 0 Å². The van der Waals surface area contributed by atoms with Crippen LogP contribution in [0.1, 0.15) is 37.4 Å². The van der Waals surface area contributed by atoms with Crippen LogP contribution in [0.15, 0.2) is 43.0 Å². The van der Waals surface area contributed by atoms with Gasteiger partial charge in [-0.25, -0.2) is 15.0 Å². The molecule has 1 unspecified atom stereocenters. The molecule has 25 heavy (non-hydrogen) atoms. The highest BCUT2D eigenvalue weighted by Gasteiger charge is 2.16. The fourth-order valence-corrected chi connectivity index (χ4v) is 2.39. The van der Waals surface area contributed by atoms with Crippen LogP contribution in [0.3, 0.4) is 0 Å². The lowest BCUT2D eigenvalue weighted by atomic mass is 10.2. The van der Waals surface area contributed by atoms with E-state index in [1.54, 1.807) is 18.5 Å². The van der Waals surface area contributed by atoms with Crippen LogP contribution in [0.5, 0.6) is 0 Å². The first kappa shape index (κ1) is 17.0. The molecule has 7 nitrogen and oxygen atoms in total. The summed E-state index contributed by atoms with van der Waals surface area (Å²) in [7, 11) is 0. The van der Waals surface area contributed by atoms with E-state index in [9.17, 15) is 4.79 Å². The fraction of sp³-hybridized carbons (Fsp3) is 0.333. The molecule has 0 fully saturated rings. The predicted octanol–water partition coefficient (Wildman–Crippen LogP) is 3.27. The lowest BCUT2D eigenvalue weighted by Crippen LogP contribution is -2.14. The maximum absolute atomic E-state index is 12.3. The summed E-state index contributed by atoms with van der Waals surface area (Å²) in [6.45, 7) is 6.77. The normalized spacial score (nSPS) is 12.5. The second kappa shape index (κ2) is 7.40. The SMILES string of the molecule is CC(C)COC(C)n1cnc2c(NC(=O)c3ccccc3)ncnc21. The third kappa shape index (κ3) is 3.83. The molecular weight excluding hydrogens is 318 g/mol. The predicted molar refractivity (Wildman–Crippen MR) is 95.2 cm³/mol. The number of nitrogens with one attached hydrogen (secondary N) is 1. The summed E-state index contributed by atoms with van der Waals surface area (Å²) >= 11 is 0. The molecule has 2 heterocycles. The Balaban J connectivity index is 1.85. The van der Waals surface area contributed by atoms with Gasteiger partial charge in [-0.2, -0.15) is 0 Å². The molecule has 7 heteroatoms. The van der Waals surface area contributed by atoms with E-state index in [-0.39, 0.29) is 12.1 Å². The molecule has 1 aromatic carbocycles. The Labute approximate surface area is 146 Å². The molecule has 1 amide bonds. The number of rotatable bonds is 6. The Morgan fingerprint density at radius 2 is 1.92 bits per heavy atom. The van der Waals surface area contributed by atoms with Crippen molar-refractivity contribution in [2.45, 2.75) is 27.0 Å². The van der Waals surface area contributed by atoms with Gasteiger partial charge in [-0.3, -0.25) is 9.36 Å². The highest BCUT2D eigenvalue weighted by molar-refractivity contribution is 6.06. The molecule has 2 aromatic heterocycles. The van der Waals surface area contributed by atoms with E-state index in [1.165, 1.54) is 6.33 Å². The first-order valence-corrected chi connectivity index (χ1v) is 8.21. The van der Waals surface area contributed by atoms with Gasteiger partial charge in [0.15, 0.2) is 17.0 Å². The van der Waals surface area contributed by atoms with Gasteiger partial charge in [-0.1, -0.05) is 32.0 Å². The Bertz CT molecular complexity index is 860. The smallest absolute Gasteiger partial charge is 0.256 e.